The van der Waals surface area contributed by atoms with Gasteiger partial charge in [-0.25, -0.2) is 0 Å². The largest absolute Gasteiger partial charge is 0.496 e. The van der Waals surface area contributed by atoms with Gasteiger partial charge in [0.25, 0.3) is 5.91 Å². The van der Waals surface area contributed by atoms with E-state index in [9.17, 15) is 4.79 Å². The highest BCUT2D eigenvalue weighted by molar-refractivity contribution is 14.1. The number of carbonyl (C=O) groups excluding carboxylic acids is 1. The lowest BCUT2D eigenvalue weighted by Gasteiger charge is -2.00. The second kappa shape index (κ2) is 6.23. The summed E-state index contributed by atoms with van der Waals surface area (Å²) in [4.78, 5) is 12.2. The van der Waals surface area contributed by atoms with Crippen LogP contribution in [0.1, 0.15) is 16.1 Å². The van der Waals surface area contributed by atoms with Crippen LogP contribution in [-0.4, -0.2) is 24.0 Å². The molecule has 1 heterocycles. The summed E-state index contributed by atoms with van der Waals surface area (Å²) in [6, 6.07) is 1.75. The molecule has 0 spiro atoms. The van der Waals surface area contributed by atoms with Gasteiger partial charge in [0.2, 0.25) is 0 Å². The number of halogens is 1. The average Bonchev–Trinajstić information content (AvgIpc) is 2.66. The molecule has 0 saturated heterocycles. The first-order valence-electron chi connectivity index (χ1n) is 4.24. The molecule has 0 saturated carbocycles. The maximum absolute atomic E-state index is 11.5. The number of hydrogen-bond acceptors (Lipinski definition) is 3. The van der Waals surface area contributed by atoms with E-state index < -0.39 is 0 Å². The lowest BCUT2D eigenvalue weighted by atomic mass is 10.4. The third kappa shape index (κ3) is 3.45. The normalized spacial score (nSPS) is 9.86. The van der Waals surface area contributed by atoms with E-state index in [1.807, 2.05) is 5.38 Å². The topological polar surface area (TPSA) is 38.3 Å². The fourth-order valence-corrected chi connectivity index (χ4v) is 2.05. The molecule has 0 aromatic carbocycles. The van der Waals surface area contributed by atoms with Crippen LogP contribution in [0, 0.1) is 0 Å². The minimum absolute atomic E-state index is 0.0110. The fourth-order valence-electron chi connectivity index (χ4n) is 0.901. The van der Waals surface area contributed by atoms with E-state index in [0.29, 0.717) is 4.88 Å². The van der Waals surface area contributed by atoms with Crippen molar-refractivity contribution in [3.8, 4) is 5.75 Å². The molecular weight excluding hydrogens is 313 g/mol. The average molecular weight is 325 g/mol. The van der Waals surface area contributed by atoms with E-state index in [2.05, 4.69) is 27.9 Å². The van der Waals surface area contributed by atoms with E-state index in [1.54, 1.807) is 13.2 Å². The second-order valence-electron chi connectivity index (χ2n) is 2.65. The summed E-state index contributed by atoms with van der Waals surface area (Å²) in [6.07, 6.45) is 1.01. The third-order valence-electron chi connectivity index (χ3n) is 1.63. The number of nitrogens with one attached hydrogen (secondary N) is 1. The molecule has 0 radical (unpaired) electrons. The molecule has 0 aliphatic rings. The Morgan fingerprint density at radius 1 is 1.71 bits per heavy atom. The molecule has 0 bridgehead atoms. The molecular formula is C9H12INO2S. The number of ether oxygens (including phenoxy) is 1. The van der Waals surface area contributed by atoms with Gasteiger partial charge in [-0.2, -0.15) is 0 Å². The molecule has 1 aromatic rings. The zero-order chi connectivity index (χ0) is 10.4. The van der Waals surface area contributed by atoms with Crippen LogP contribution in [0.2, 0.25) is 0 Å². The SMILES string of the molecule is COc1csc(C(=O)NCCCI)c1. The summed E-state index contributed by atoms with van der Waals surface area (Å²) in [5.41, 5.74) is 0. The van der Waals surface area contributed by atoms with Crippen LogP contribution in [0.5, 0.6) is 5.75 Å². The molecule has 0 atom stereocenters. The molecule has 0 aliphatic carbocycles. The van der Waals surface area contributed by atoms with Crippen molar-refractivity contribution >= 4 is 39.8 Å². The number of rotatable bonds is 5. The Balaban J connectivity index is 2.44. The molecule has 3 nitrogen and oxygen atoms in total. The Morgan fingerprint density at radius 2 is 2.50 bits per heavy atom. The van der Waals surface area contributed by atoms with Crippen LogP contribution < -0.4 is 10.1 Å². The predicted octanol–water partition coefficient (Wildman–Crippen LogP) is 2.31. The molecule has 1 N–H and O–H groups in total. The molecule has 0 aliphatic heterocycles. The van der Waals surface area contributed by atoms with Gasteiger partial charge in [0.05, 0.1) is 12.0 Å². The zero-order valence-corrected chi connectivity index (χ0v) is 10.9. The van der Waals surface area contributed by atoms with Gasteiger partial charge >= 0.3 is 0 Å². The summed E-state index contributed by atoms with van der Waals surface area (Å²) < 4.78 is 6.06. The Morgan fingerprint density at radius 3 is 3.07 bits per heavy atom. The summed E-state index contributed by atoms with van der Waals surface area (Å²) in [5.74, 6) is 0.734. The van der Waals surface area contributed by atoms with Crippen LogP contribution in [0.4, 0.5) is 0 Å². The van der Waals surface area contributed by atoms with Gasteiger partial charge in [0.15, 0.2) is 0 Å². The summed E-state index contributed by atoms with van der Waals surface area (Å²) >= 11 is 3.69. The van der Waals surface area contributed by atoms with E-state index in [4.69, 9.17) is 4.74 Å². The van der Waals surface area contributed by atoms with E-state index in [-0.39, 0.29) is 5.91 Å². The standard InChI is InChI=1S/C9H12INO2S/c1-13-7-5-8(14-6-7)9(12)11-4-2-3-10/h5-6H,2-4H2,1H3,(H,11,12). The molecule has 1 aromatic heterocycles. The van der Waals surface area contributed by atoms with Crippen molar-refractivity contribution < 1.29 is 9.53 Å². The zero-order valence-electron chi connectivity index (χ0n) is 7.88. The number of thiophene rings is 1. The highest BCUT2D eigenvalue weighted by Gasteiger charge is 2.07. The monoisotopic (exact) mass is 325 g/mol. The van der Waals surface area contributed by atoms with E-state index in [0.717, 1.165) is 23.1 Å². The number of carbonyl (C=O) groups is 1. The first kappa shape index (κ1) is 11.8. The van der Waals surface area contributed by atoms with Gasteiger partial charge in [-0.3, -0.25) is 4.79 Å². The second-order valence-corrected chi connectivity index (χ2v) is 4.64. The number of methoxy groups -OCH3 is 1. The van der Waals surface area contributed by atoms with Gasteiger partial charge < -0.3 is 10.1 Å². The lowest BCUT2D eigenvalue weighted by Crippen LogP contribution is -2.23. The van der Waals surface area contributed by atoms with Crippen molar-refractivity contribution in [1.82, 2.24) is 5.32 Å². The van der Waals surface area contributed by atoms with Crippen LogP contribution >= 0.6 is 33.9 Å². The lowest BCUT2D eigenvalue weighted by molar-refractivity contribution is 0.0957. The van der Waals surface area contributed by atoms with Crippen molar-refractivity contribution in [2.24, 2.45) is 0 Å². The number of amides is 1. The quantitative estimate of drug-likeness (QED) is 0.513. The van der Waals surface area contributed by atoms with Gasteiger partial charge in [0.1, 0.15) is 5.75 Å². The smallest absolute Gasteiger partial charge is 0.261 e. The number of alkyl halides is 1. The number of hydrogen-bond donors (Lipinski definition) is 1. The first-order chi connectivity index (χ1) is 6.77. The van der Waals surface area contributed by atoms with Gasteiger partial charge in [-0.05, 0) is 6.42 Å². The summed E-state index contributed by atoms with van der Waals surface area (Å²) in [5, 5.41) is 4.68. The maximum atomic E-state index is 11.5. The maximum Gasteiger partial charge on any atom is 0.261 e. The molecule has 14 heavy (non-hydrogen) atoms. The minimum Gasteiger partial charge on any atom is -0.496 e. The third-order valence-corrected chi connectivity index (χ3v) is 3.30. The van der Waals surface area contributed by atoms with Crippen molar-refractivity contribution in [2.75, 3.05) is 18.1 Å². The molecule has 1 amide bonds. The summed E-state index contributed by atoms with van der Waals surface area (Å²) in [7, 11) is 1.60. The van der Waals surface area contributed by atoms with Crippen molar-refractivity contribution in [2.45, 2.75) is 6.42 Å². The van der Waals surface area contributed by atoms with E-state index in [1.165, 1.54) is 11.3 Å². The Kier molecular flexibility index (Phi) is 5.24. The van der Waals surface area contributed by atoms with Crippen LogP contribution in [0.15, 0.2) is 11.4 Å². The summed E-state index contributed by atoms with van der Waals surface area (Å²) in [6.45, 7) is 0.738. The first-order valence-corrected chi connectivity index (χ1v) is 6.65. The van der Waals surface area contributed by atoms with Crippen LogP contribution in [0.25, 0.3) is 0 Å². The molecule has 78 valence electrons. The Bertz CT molecular complexity index is 301. The van der Waals surface area contributed by atoms with Crippen LogP contribution in [0.3, 0.4) is 0 Å². The minimum atomic E-state index is -0.0110. The van der Waals surface area contributed by atoms with Gasteiger partial charge in [0, 0.05) is 22.4 Å². The van der Waals surface area contributed by atoms with E-state index >= 15 is 0 Å². The Labute approximate surface area is 101 Å². The molecule has 5 heteroatoms. The van der Waals surface area contributed by atoms with Crippen LogP contribution in [-0.2, 0) is 0 Å². The highest BCUT2D eigenvalue weighted by Crippen LogP contribution is 2.20. The molecule has 1 rings (SSSR count). The van der Waals surface area contributed by atoms with Crippen molar-refractivity contribution in [1.29, 1.82) is 0 Å². The van der Waals surface area contributed by atoms with Gasteiger partial charge in [-0.15, -0.1) is 11.3 Å². The molecule has 0 fully saturated rings. The van der Waals surface area contributed by atoms with Crippen molar-refractivity contribution in [3.05, 3.63) is 16.3 Å². The van der Waals surface area contributed by atoms with Gasteiger partial charge in [-0.1, -0.05) is 22.6 Å². The predicted molar refractivity (Wildman–Crippen MR) is 66.7 cm³/mol. The highest BCUT2D eigenvalue weighted by atomic mass is 127. The van der Waals surface area contributed by atoms with Crippen molar-refractivity contribution in [3.63, 3.8) is 0 Å². The Hall–Kier alpha value is -0.300. The fraction of sp³-hybridized carbons (Fsp3) is 0.444. The molecule has 0 unspecified atom stereocenters.